The monoisotopic (exact) mass is 265 g/mol. The van der Waals surface area contributed by atoms with Crippen LogP contribution in [0.1, 0.15) is 10.4 Å². The molecule has 0 aliphatic rings. The van der Waals surface area contributed by atoms with Gasteiger partial charge < -0.3 is 11.5 Å². The van der Waals surface area contributed by atoms with Gasteiger partial charge in [0.25, 0.3) is 0 Å². The molecule has 0 aliphatic heterocycles. The van der Waals surface area contributed by atoms with E-state index in [0.29, 0.717) is 0 Å². The Kier molecular flexibility index (Phi) is 3.47. The van der Waals surface area contributed by atoms with Crippen LogP contribution in [0.5, 0.6) is 0 Å². The molecule has 1 rings (SSSR count). The lowest BCUT2D eigenvalue weighted by Crippen LogP contribution is -2.15. The van der Waals surface area contributed by atoms with Gasteiger partial charge in [-0.3, -0.25) is 14.9 Å². The van der Waals surface area contributed by atoms with E-state index in [1.54, 1.807) is 0 Å². The second kappa shape index (κ2) is 4.50. The molecule has 1 aromatic carbocycles. The molecule has 0 saturated heterocycles. The Morgan fingerprint density at radius 3 is 2.41 bits per heavy atom. The first-order valence-electron chi connectivity index (χ1n) is 4.11. The van der Waals surface area contributed by atoms with Crippen LogP contribution in [0, 0.1) is 10.1 Å². The van der Waals surface area contributed by atoms with Crippen LogP contribution in [0.2, 0.25) is 5.02 Å². The highest BCUT2D eigenvalue weighted by molar-refractivity contribution is 6.35. The molecule has 0 bridgehead atoms. The number of alkyl halides is 2. The van der Waals surface area contributed by atoms with Crippen molar-refractivity contribution in [2.24, 2.45) is 0 Å². The fourth-order valence-electron chi connectivity index (χ4n) is 1.20. The minimum atomic E-state index is -3.42. The highest BCUT2D eigenvalue weighted by Gasteiger charge is 2.32. The van der Waals surface area contributed by atoms with Gasteiger partial charge in [0.05, 0.1) is 15.6 Å². The van der Waals surface area contributed by atoms with E-state index in [1.165, 1.54) is 0 Å². The molecular formula is C8H6ClF2N3O3. The smallest absolute Gasteiger partial charge is 0.306 e. The van der Waals surface area contributed by atoms with Gasteiger partial charge in [0.1, 0.15) is 11.3 Å². The molecule has 0 spiro atoms. The first-order valence-corrected chi connectivity index (χ1v) is 4.49. The van der Waals surface area contributed by atoms with Crippen LogP contribution in [0.15, 0.2) is 6.07 Å². The quantitative estimate of drug-likeness (QED) is 0.375. The van der Waals surface area contributed by atoms with E-state index in [-0.39, 0.29) is 5.69 Å². The van der Waals surface area contributed by atoms with Crippen molar-refractivity contribution < 1.29 is 18.5 Å². The molecule has 4 N–H and O–H groups in total. The van der Waals surface area contributed by atoms with Crippen LogP contribution in [0.3, 0.4) is 0 Å². The normalized spacial score (nSPS) is 10.6. The molecular weight excluding hydrogens is 260 g/mol. The first-order chi connectivity index (χ1) is 7.77. The molecule has 9 heteroatoms. The van der Waals surface area contributed by atoms with Gasteiger partial charge in [-0.2, -0.15) is 0 Å². The highest BCUT2D eigenvalue weighted by Crippen LogP contribution is 2.37. The number of hydrogen-bond donors (Lipinski definition) is 2. The summed E-state index contributed by atoms with van der Waals surface area (Å²) in [5, 5.41) is 10.2. The maximum Gasteiger partial charge on any atom is 0.306 e. The van der Waals surface area contributed by atoms with Crippen LogP contribution in [-0.2, 0) is 0 Å². The van der Waals surface area contributed by atoms with Gasteiger partial charge >= 0.3 is 12.1 Å². The molecule has 0 heterocycles. The van der Waals surface area contributed by atoms with E-state index in [1.807, 2.05) is 0 Å². The van der Waals surface area contributed by atoms with Gasteiger partial charge in [-0.25, -0.2) is 8.78 Å². The molecule has 0 aliphatic carbocycles. The third kappa shape index (κ3) is 2.26. The number of benzene rings is 1. The summed E-state index contributed by atoms with van der Waals surface area (Å²) < 4.78 is 24.5. The first kappa shape index (κ1) is 13.1. The average Bonchev–Trinajstić information content (AvgIpc) is 2.21. The Bertz CT molecular complexity index is 507. The number of nitrogens with two attached hydrogens (primary N) is 2. The maximum absolute atomic E-state index is 12.3. The SMILES string of the molecule is Nc1cc(Cl)c(C(=O)C(F)F)c([N+](=O)[O-])c1N. The Morgan fingerprint density at radius 1 is 1.47 bits per heavy atom. The van der Waals surface area contributed by atoms with E-state index in [9.17, 15) is 23.7 Å². The van der Waals surface area contributed by atoms with E-state index in [4.69, 9.17) is 23.1 Å². The largest absolute Gasteiger partial charge is 0.397 e. The number of nitro groups is 1. The average molecular weight is 266 g/mol. The number of ketones is 1. The molecule has 0 saturated carbocycles. The molecule has 0 atom stereocenters. The van der Waals surface area contributed by atoms with E-state index in [0.717, 1.165) is 6.07 Å². The lowest BCUT2D eigenvalue weighted by Gasteiger charge is -2.08. The number of nitrogens with zero attached hydrogens (tertiary/aromatic N) is 1. The van der Waals surface area contributed by atoms with Crippen molar-refractivity contribution >= 4 is 34.4 Å². The Morgan fingerprint density at radius 2 is 2.00 bits per heavy atom. The zero-order valence-electron chi connectivity index (χ0n) is 8.12. The fourth-order valence-corrected chi connectivity index (χ4v) is 1.50. The molecule has 17 heavy (non-hydrogen) atoms. The summed E-state index contributed by atoms with van der Waals surface area (Å²) in [5.74, 6) is -1.77. The number of carbonyl (C=O) groups excluding carboxylic acids is 1. The minimum absolute atomic E-state index is 0.257. The van der Waals surface area contributed by atoms with Crippen molar-refractivity contribution in [2.75, 3.05) is 11.5 Å². The van der Waals surface area contributed by atoms with Crippen LogP contribution in [0.4, 0.5) is 25.8 Å². The summed E-state index contributed by atoms with van der Waals surface area (Å²) in [7, 11) is 0. The van der Waals surface area contributed by atoms with Crippen molar-refractivity contribution in [3.8, 4) is 0 Å². The number of anilines is 2. The van der Waals surface area contributed by atoms with Crippen LogP contribution in [0.25, 0.3) is 0 Å². The second-order valence-corrected chi connectivity index (χ2v) is 3.41. The zero-order valence-corrected chi connectivity index (χ0v) is 8.87. The summed E-state index contributed by atoms with van der Waals surface area (Å²) >= 11 is 5.50. The van der Waals surface area contributed by atoms with Crippen molar-refractivity contribution in [1.82, 2.24) is 0 Å². The number of carbonyl (C=O) groups is 1. The van der Waals surface area contributed by atoms with Gasteiger partial charge in [0.15, 0.2) is 0 Å². The predicted molar refractivity (Wildman–Crippen MR) is 57.3 cm³/mol. The van der Waals surface area contributed by atoms with Crippen LogP contribution < -0.4 is 11.5 Å². The second-order valence-electron chi connectivity index (χ2n) is 3.01. The Balaban J connectivity index is 3.64. The van der Waals surface area contributed by atoms with Gasteiger partial charge in [-0.15, -0.1) is 0 Å². The number of Topliss-reactive ketones (excluding diaryl/α,β-unsaturated/α-hetero) is 1. The molecule has 0 radical (unpaired) electrons. The number of nitro benzene ring substituents is 1. The van der Waals surface area contributed by atoms with Crippen LogP contribution >= 0.6 is 11.6 Å². The number of rotatable bonds is 3. The van der Waals surface area contributed by atoms with E-state index in [2.05, 4.69) is 0 Å². The Labute approximate surface area is 98.3 Å². The number of nitrogen functional groups attached to an aromatic ring is 2. The number of halogens is 3. The lowest BCUT2D eigenvalue weighted by molar-refractivity contribution is -0.384. The van der Waals surface area contributed by atoms with Gasteiger partial charge in [-0.1, -0.05) is 11.6 Å². The summed E-state index contributed by atoms with van der Waals surface area (Å²) in [6, 6.07) is 0.916. The van der Waals surface area contributed by atoms with Crippen molar-refractivity contribution in [2.45, 2.75) is 6.43 Å². The highest BCUT2D eigenvalue weighted by atomic mass is 35.5. The van der Waals surface area contributed by atoms with Gasteiger partial charge in [-0.05, 0) is 6.07 Å². The molecule has 0 aromatic heterocycles. The summed E-state index contributed by atoms with van der Waals surface area (Å²) in [6.07, 6.45) is -3.42. The predicted octanol–water partition coefficient (Wildman–Crippen LogP) is 1.86. The van der Waals surface area contributed by atoms with Gasteiger partial charge in [0.2, 0.25) is 5.78 Å². The summed E-state index contributed by atoms with van der Waals surface area (Å²) in [6.45, 7) is 0. The van der Waals surface area contributed by atoms with Crippen molar-refractivity contribution in [3.63, 3.8) is 0 Å². The summed E-state index contributed by atoms with van der Waals surface area (Å²) in [4.78, 5) is 20.7. The van der Waals surface area contributed by atoms with E-state index >= 15 is 0 Å². The van der Waals surface area contributed by atoms with E-state index < -0.39 is 39.1 Å². The molecule has 0 fully saturated rings. The van der Waals surface area contributed by atoms with Gasteiger partial charge in [0, 0.05) is 0 Å². The molecule has 6 nitrogen and oxygen atoms in total. The topological polar surface area (TPSA) is 112 Å². The van der Waals surface area contributed by atoms with Crippen LogP contribution in [-0.4, -0.2) is 17.1 Å². The molecule has 1 aromatic rings. The number of hydrogen-bond acceptors (Lipinski definition) is 5. The fraction of sp³-hybridized carbons (Fsp3) is 0.125. The van der Waals surface area contributed by atoms with Crippen molar-refractivity contribution in [1.29, 1.82) is 0 Å². The zero-order chi connectivity index (χ0) is 13.3. The molecule has 92 valence electrons. The molecule has 0 unspecified atom stereocenters. The standard InChI is InChI=1S/C8H6ClF2N3O3/c9-2-1-3(12)5(13)6(14(16)17)4(2)7(15)8(10)11/h1,8H,12-13H2. The maximum atomic E-state index is 12.3. The Hall–Kier alpha value is -1.96. The minimum Gasteiger partial charge on any atom is -0.397 e. The third-order valence-corrected chi connectivity index (χ3v) is 2.25. The third-order valence-electron chi connectivity index (χ3n) is 1.95. The van der Waals surface area contributed by atoms with Crippen molar-refractivity contribution in [3.05, 3.63) is 26.8 Å². The summed E-state index contributed by atoms with van der Waals surface area (Å²) in [5.41, 5.74) is 7.81. The molecule has 0 amide bonds. The lowest BCUT2D eigenvalue weighted by atomic mass is 10.1.